The summed E-state index contributed by atoms with van der Waals surface area (Å²) in [6.45, 7) is 0. The summed E-state index contributed by atoms with van der Waals surface area (Å²) in [7, 11) is 5.84. The van der Waals surface area contributed by atoms with Crippen LogP contribution < -0.4 is 5.32 Å². The van der Waals surface area contributed by atoms with E-state index in [4.69, 9.17) is 10.1 Å². The maximum absolute atomic E-state index is 4.75. The van der Waals surface area contributed by atoms with Crippen LogP contribution in [-0.4, -0.2) is 36.6 Å². The van der Waals surface area contributed by atoms with Gasteiger partial charge in [-0.2, -0.15) is 10.2 Å². The van der Waals surface area contributed by atoms with Gasteiger partial charge in [-0.3, -0.25) is 9.36 Å². The Kier molecular flexibility index (Phi) is 4.62. The minimum atomic E-state index is 0.860. The lowest BCUT2D eigenvalue weighted by Crippen LogP contribution is -1.96. The molecule has 166 valence electrons. The van der Waals surface area contributed by atoms with Crippen molar-refractivity contribution in [1.29, 1.82) is 0 Å². The zero-order chi connectivity index (χ0) is 23.2. The summed E-state index contributed by atoms with van der Waals surface area (Å²) in [6, 6.07) is 20.8. The minimum Gasteiger partial charge on any atom is -0.388 e. The molecule has 7 heteroatoms. The van der Waals surface area contributed by atoms with E-state index in [1.807, 2.05) is 61.1 Å². The largest absolute Gasteiger partial charge is 0.388 e. The van der Waals surface area contributed by atoms with Crippen LogP contribution in [0.2, 0.25) is 0 Å². The highest BCUT2D eigenvalue weighted by Crippen LogP contribution is 2.39. The van der Waals surface area contributed by atoms with E-state index >= 15 is 0 Å². The molecule has 34 heavy (non-hydrogen) atoms. The average molecular weight is 446 g/mol. The molecule has 1 N–H and O–H groups in total. The normalized spacial score (nSPS) is 11.4. The number of fused-ring (bicyclic) bond motifs is 2. The highest BCUT2D eigenvalue weighted by Gasteiger charge is 2.19. The van der Waals surface area contributed by atoms with Crippen molar-refractivity contribution in [2.45, 2.75) is 0 Å². The molecule has 3 aromatic carbocycles. The van der Waals surface area contributed by atoms with Crippen LogP contribution in [0.1, 0.15) is 0 Å². The van der Waals surface area contributed by atoms with Crippen LogP contribution in [0.15, 0.2) is 79.4 Å². The third-order valence-corrected chi connectivity index (χ3v) is 6.26. The van der Waals surface area contributed by atoms with Gasteiger partial charge in [0, 0.05) is 60.5 Å². The minimum absolute atomic E-state index is 0.860. The van der Waals surface area contributed by atoms with E-state index in [1.165, 1.54) is 0 Å². The monoisotopic (exact) mass is 445 g/mol. The van der Waals surface area contributed by atoms with E-state index in [2.05, 4.69) is 57.9 Å². The quantitative estimate of drug-likeness (QED) is 0.399. The Hall–Kier alpha value is -4.52. The maximum Gasteiger partial charge on any atom is 0.116 e. The zero-order valence-corrected chi connectivity index (χ0v) is 19.2. The highest BCUT2D eigenvalue weighted by atomic mass is 15.3. The Morgan fingerprint density at radius 1 is 0.794 bits per heavy atom. The van der Waals surface area contributed by atoms with Crippen LogP contribution in [0.3, 0.4) is 0 Å². The van der Waals surface area contributed by atoms with Crippen molar-refractivity contribution in [3.63, 3.8) is 0 Å². The zero-order valence-electron chi connectivity index (χ0n) is 19.2. The smallest absolute Gasteiger partial charge is 0.116 e. The lowest BCUT2D eigenvalue weighted by atomic mass is 9.96. The van der Waals surface area contributed by atoms with Crippen LogP contribution >= 0.6 is 0 Å². The Morgan fingerprint density at radius 2 is 1.65 bits per heavy atom. The Bertz CT molecular complexity index is 1660. The van der Waals surface area contributed by atoms with Gasteiger partial charge in [0.2, 0.25) is 0 Å². The van der Waals surface area contributed by atoms with Crippen LogP contribution in [-0.2, 0) is 14.1 Å². The van der Waals surface area contributed by atoms with Crippen molar-refractivity contribution < 1.29 is 0 Å². The first-order valence-electron chi connectivity index (χ1n) is 11.1. The van der Waals surface area contributed by atoms with Gasteiger partial charge in [0.25, 0.3) is 0 Å². The number of nitrogens with zero attached hydrogens (tertiary/aromatic N) is 6. The first-order valence-corrected chi connectivity index (χ1v) is 11.1. The molecule has 6 rings (SSSR count). The van der Waals surface area contributed by atoms with Crippen LogP contribution in [0, 0.1) is 0 Å². The molecule has 0 aliphatic heterocycles. The lowest BCUT2D eigenvalue weighted by molar-refractivity contribution is 0.771. The van der Waals surface area contributed by atoms with E-state index < -0.39 is 0 Å². The first kappa shape index (κ1) is 20.1. The number of rotatable bonds is 4. The molecule has 0 atom stereocenters. The number of aryl methyl sites for hydroxylation is 2. The van der Waals surface area contributed by atoms with Crippen LogP contribution in [0.25, 0.3) is 55.4 Å². The number of benzene rings is 3. The summed E-state index contributed by atoms with van der Waals surface area (Å²) < 4.78 is 3.74. The third kappa shape index (κ3) is 3.13. The molecule has 0 aliphatic carbocycles. The van der Waals surface area contributed by atoms with Crippen molar-refractivity contribution in [3.05, 3.63) is 79.4 Å². The highest BCUT2D eigenvalue weighted by molar-refractivity contribution is 6.05. The molecule has 0 unspecified atom stereocenters. The molecule has 0 aliphatic rings. The van der Waals surface area contributed by atoms with E-state index in [9.17, 15) is 0 Å². The molecule has 0 saturated heterocycles. The predicted molar refractivity (Wildman–Crippen MR) is 136 cm³/mol. The molecule has 0 amide bonds. The van der Waals surface area contributed by atoms with Gasteiger partial charge in [0.15, 0.2) is 0 Å². The molecule has 6 aromatic rings. The fourth-order valence-electron chi connectivity index (χ4n) is 4.63. The molecule has 0 fully saturated rings. The van der Waals surface area contributed by atoms with Gasteiger partial charge in [-0.25, -0.2) is 9.97 Å². The Labute approximate surface area is 196 Å². The molecule has 0 saturated carbocycles. The second-order valence-corrected chi connectivity index (χ2v) is 8.32. The molecule has 3 aromatic heterocycles. The summed E-state index contributed by atoms with van der Waals surface area (Å²) in [5.74, 6) is 0. The number of nitrogens with one attached hydrogen (secondary N) is 1. The molecular weight excluding hydrogens is 422 g/mol. The van der Waals surface area contributed by atoms with E-state index in [0.29, 0.717) is 0 Å². The van der Waals surface area contributed by atoms with E-state index in [-0.39, 0.29) is 0 Å². The van der Waals surface area contributed by atoms with Crippen molar-refractivity contribution >= 4 is 27.5 Å². The summed E-state index contributed by atoms with van der Waals surface area (Å²) in [5.41, 5.74) is 8.94. The van der Waals surface area contributed by atoms with Gasteiger partial charge >= 0.3 is 0 Å². The van der Waals surface area contributed by atoms with E-state index in [0.717, 1.165) is 61.1 Å². The lowest BCUT2D eigenvalue weighted by Gasteiger charge is -2.14. The van der Waals surface area contributed by atoms with Crippen molar-refractivity contribution in [3.8, 4) is 33.6 Å². The maximum atomic E-state index is 4.75. The summed E-state index contributed by atoms with van der Waals surface area (Å²) in [4.78, 5) is 9.32. The van der Waals surface area contributed by atoms with Gasteiger partial charge in [-0.05, 0) is 23.8 Å². The molecule has 7 nitrogen and oxygen atoms in total. The topological polar surface area (TPSA) is 73.5 Å². The van der Waals surface area contributed by atoms with Gasteiger partial charge in [-0.1, -0.05) is 42.5 Å². The average Bonchev–Trinajstić information content (AvgIpc) is 3.46. The number of aromatic nitrogens is 6. The van der Waals surface area contributed by atoms with Crippen molar-refractivity contribution in [2.75, 3.05) is 12.4 Å². The van der Waals surface area contributed by atoms with Gasteiger partial charge < -0.3 is 5.32 Å². The molecule has 0 bridgehead atoms. The standard InChI is InChI=1S/C27H23N7/c1-28-23-13-24-20(12-19(23)18-10-7-11-25-21(18)14-31-34(25)3)27(30-16-29-24)22-15-33(2)32-26(22)17-8-5-4-6-9-17/h4-16,28H,1-3H3. The number of hydrogen-bond acceptors (Lipinski definition) is 5. The van der Waals surface area contributed by atoms with Gasteiger partial charge in [0.1, 0.15) is 12.0 Å². The van der Waals surface area contributed by atoms with Crippen molar-refractivity contribution in [1.82, 2.24) is 29.5 Å². The second-order valence-electron chi connectivity index (χ2n) is 8.32. The van der Waals surface area contributed by atoms with Gasteiger partial charge in [0.05, 0.1) is 22.9 Å². The number of hydrogen-bond donors (Lipinski definition) is 1. The molecule has 0 spiro atoms. The summed E-state index contributed by atoms with van der Waals surface area (Å²) >= 11 is 0. The van der Waals surface area contributed by atoms with Crippen LogP contribution in [0.5, 0.6) is 0 Å². The Morgan fingerprint density at radius 3 is 2.47 bits per heavy atom. The second kappa shape index (κ2) is 7.81. The third-order valence-electron chi connectivity index (χ3n) is 6.26. The number of anilines is 1. The van der Waals surface area contributed by atoms with Crippen molar-refractivity contribution in [2.24, 2.45) is 14.1 Å². The summed E-state index contributed by atoms with van der Waals surface area (Å²) in [5, 5.41) is 14.7. The van der Waals surface area contributed by atoms with E-state index in [1.54, 1.807) is 6.33 Å². The predicted octanol–water partition coefficient (Wildman–Crippen LogP) is 5.29. The van der Waals surface area contributed by atoms with Gasteiger partial charge in [-0.15, -0.1) is 0 Å². The summed E-state index contributed by atoms with van der Waals surface area (Å²) in [6.07, 6.45) is 5.57. The fraction of sp³-hybridized carbons (Fsp3) is 0.111. The van der Waals surface area contributed by atoms with Crippen LogP contribution in [0.4, 0.5) is 5.69 Å². The SMILES string of the molecule is CNc1cc2ncnc(-c3cn(C)nc3-c3ccccc3)c2cc1-c1cccc2c1cnn2C. The fourth-order valence-corrected chi connectivity index (χ4v) is 4.63. The molecular formula is C27H23N7. The molecule has 3 heterocycles. The molecule has 0 radical (unpaired) electrons. The first-order chi connectivity index (χ1) is 16.6. The Balaban J connectivity index is 1.64.